The molecule has 1 saturated heterocycles. The molecule has 2 fully saturated rings. The number of imidazole rings is 1. The van der Waals surface area contributed by atoms with Crippen molar-refractivity contribution in [2.75, 3.05) is 33.7 Å². The number of carbonyl (C=O) groups is 1. The second-order valence-electron chi connectivity index (χ2n) is 9.68. The van der Waals surface area contributed by atoms with E-state index in [1.807, 2.05) is 30.3 Å². The van der Waals surface area contributed by atoms with Crippen molar-refractivity contribution in [1.82, 2.24) is 24.3 Å². The third kappa shape index (κ3) is 3.66. The van der Waals surface area contributed by atoms with Gasteiger partial charge in [-0.3, -0.25) is 4.90 Å². The Kier molecular flexibility index (Phi) is 5.14. The van der Waals surface area contributed by atoms with E-state index in [2.05, 4.69) is 33.9 Å². The lowest BCUT2D eigenvalue weighted by Crippen LogP contribution is -2.54. The number of hydrogen-bond acceptors (Lipinski definition) is 4. The summed E-state index contributed by atoms with van der Waals surface area (Å²) in [5.74, 6) is 2.02. The number of thiophene rings is 1. The highest BCUT2D eigenvalue weighted by Crippen LogP contribution is 2.43. The van der Waals surface area contributed by atoms with Gasteiger partial charge in [0.1, 0.15) is 5.82 Å². The lowest BCUT2D eigenvalue weighted by Gasteiger charge is -2.47. The molecule has 0 unspecified atom stereocenters. The number of amides is 2. The van der Waals surface area contributed by atoms with Crippen LogP contribution < -0.4 is 0 Å². The molecule has 162 valence electrons. The Bertz CT molecular complexity index is 906. The number of aryl methyl sites for hydroxylation is 1. The van der Waals surface area contributed by atoms with E-state index in [1.54, 1.807) is 4.90 Å². The van der Waals surface area contributed by atoms with Crippen molar-refractivity contribution in [3.05, 3.63) is 39.6 Å². The third-order valence-corrected chi connectivity index (χ3v) is 8.00. The van der Waals surface area contributed by atoms with Crippen molar-refractivity contribution in [2.24, 2.45) is 5.92 Å². The van der Waals surface area contributed by atoms with E-state index in [0.717, 1.165) is 58.0 Å². The molecule has 7 heteroatoms. The number of hydrogen-bond donors (Lipinski definition) is 0. The quantitative estimate of drug-likeness (QED) is 0.747. The minimum absolute atomic E-state index is 0.0630. The van der Waals surface area contributed by atoms with Crippen LogP contribution in [0.25, 0.3) is 0 Å². The maximum atomic E-state index is 12.5. The van der Waals surface area contributed by atoms with Crippen LogP contribution in [0.5, 0.6) is 0 Å². The number of piperidine rings is 1. The smallest absolute Gasteiger partial charge is 0.319 e. The molecule has 5 rings (SSSR count). The highest BCUT2D eigenvalue weighted by molar-refractivity contribution is 7.09. The Hall–Kier alpha value is -1.86. The average Bonchev–Trinajstić information content (AvgIpc) is 3.30. The summed E-state index contributed by atoms with van der Waals surface area (Å²) in [5.41, 5.74) is 2.84. The van der Waals surface area contributed by atoms with Gasteiger partial charge >= 0.3 is 6.03 Å². The predicted octanol–water partition coefficient (Wildman–Crippen LogP) is 3.69. The van der Waals surface area contributed by atoms with E-state index in [0.29, 0.717) is 0 Å². The molecule has 4 heterocycles. The first-order valence-corrected chi connectivity index (χ1v) is 12.1. The predicted molar refractivity (Wildman–Crippen MR) is 120 cm³/mol. The van der Waals surface area contributed by atoms with Gasteiger partial charge in [0.05, 0.1) is 11.4 Å². The zero-order valence-electron chi connectivity index (χ0n) is 18.4. The highest BCUT2D eigenvalue weighted by atomic mass is 32.1. The molecule has 6 nitrogen and oxygen atoms in total. The van der Waals surface area contributed by atoms with Gasteiger partial charge in [-0.25, -0.2) is 9.78 Å². The summed E-state index contributed by atoms with van der Waals surface area (Å²) in [6.45, 7) is 7.98. The third-order valence-electron chi connectivity index (χ3n) is 7.14. The monoisotopic (exact) mass is 427 g/mol. The SMILES string of the molecule is Cc1nc2c(n1CC1CC1)CN(Cc1cccs1)CC21CCN(C(=O)N(C)C)CC1. The average molecular weight is 428 g/mol. The fourth-order valence-electron chi connectivity index (χ4n) is 5.30. The first-order chi connectivity index (χ1) is 14.4. The largest absolute Gasteiger partial charge is 0.331 e. The van der Waals surface area contributed by atoms with Crippen molar-refractivity contribution in [3.8, 4) is 0 Å². The molecular formula is C23H33N5OS. The minimum atomic E-state index is 0.0630. The standard InChI is InChI=1S/C23H33N5OS/c1-17-24-21-20(28(17)13-18-6-7-18)15-26(14-19-5-4-12-30-19)16-23(21)8-10-27(11-9-23)22(29)25(2)3/h4-5,12,18H,6-11,13-16H2,1-3H3. The number of fused-ring (bicyclic) bond motifs is 2. The van der Waals surface area contributed by atoms with Crippen LogP contribution in [-0.4, -0.2) is 64.0 Å². The molecule has 0 atom stereocenters. The number of urea groups is 1. The van der Waals surface area contributed by atoms with Crippen LogP contribution in [0.4, 0.5) is 4.79 Å². The van der Waals surface area contributed by atoms with Gasteiger partial charge < -0.3 is 14.4 Å². The Morgan fingerprint density at radius 3 is 2.70 bits per heavy atom. The van der Waals surface area contributed by atoms with Gasteiger partial charge in [0.2, 0.25) is 0 Å². The van der Waals surface area contributed by atoms with E-state index < -0.39 is 0 Å². The van der Waals surface area contributed by atoms with Gasteiger partial charge in [0, 0.05) is 63.7 Å². The Morgan fingerprint density at radius 2 is 2.07 bits per heavy atom. The Balaban J connectivity index is 1.45. The van der Waals surface area contributed by atoms with Crippen molar-refractivity contribution in [1.29, 1.82) is 0 Å². The maximum Gasteiger partial charge on any atom is 0.319 e. The topological polar surface area (TPSA) is 44.6 Å². The second-order valence-corrected chi connectivity index (χ2v) is 10.7. The van der Waals surface area contributed by atoms with Crippen molar-refractivity contribution < 1.29 is 4.79 Å². The van der Waals surface area contributed by atoms with Crippen LogP contribution in [0.15, 0.2) is 17.5 Å². The lowest BCUT2D eigenvalue weighted by molar-refractivity contribution is 0.0921. The molecule has 0 bridgehead atoms. The molecule has 30 heavy (non-hydrogen) atoms. The summed E-state index contributed by atoms with van der Waals surface area (Å²) in [5, 5.41) is 2.17. The van der Waals surface area contributed by atoms with E-state index in [1.165, 1.54) is 34.9 Å². The number of likely N-dealkylation sites (tertiary alicyclic amines) is 1. The van der Waals surface area contributed by atoms with Gasteiger partial charge in [0.25, 0.3) is 0 Å². The summed E-state index contributed by atoms with van der Waals surface area (Å²) in [4.78, 5) is 25.4. The second kappa shape index (κ2) is 7.68. The summed E-state index contributed by atoms with van der Waals surface area (Å²) < 4.78 is 2.52. The highest BCUT2D eigenvalue weighted by Gasteiger charge is 2.46. The fraction of sp³-hybridized carbons (Fsp3) is 0.652. The first kappa shape index (κ1) is 20.1. The summed E-state index contributed by atoms with van der Waals surface area (Å²) >= 11 is 1.85. The normalized spacial score (nSPS) is 21.1. The number of nitrogens with zero attached hydrogens (tertiary/aromatic N) is 5. The van der Waals surface area contributed by atoms with Crippen LogP contribution in [0.1, 0.15) is 47.8 Å². The van der Waals surface area contributed by atoms with Gasteiger partial charge in [-0.15, -0.1) is 11.3 Å². The van der Waals surface area contributed by atoms with Crippen molar-refractivity contribution >= 4 is 17.4 Å². The molecule has 2 aromatic rings. The van der Waals surface area contributed by atoms with Crippen molar-refractivity contribution in [3.63, 3.8) is 0 Å². The maximum absolute atomic E-state index is 12.5. The van der Waals surface area contributed by atoms with E-state index in [9.17, 15) is 4.79 Å². The van der Waals surface area contributed by atoms with Crippen LogP contribution >= 0.6 is 11.3 Å². The molecule has 1 spiro atoms. The summed E-state index contributed by atoms with van der Waals surface area (Å²) in [6.07, 6.45) is 4.72. The molecule has 2 aromatic heterocycles. The number of rotatable bonds is 4. The lowest BCUT2D eigenvalue weighted by atomic mass is 9.72. The molecule has 3 aliphatic rings. The first-order valence-electron chi connectivity index (χ1n) is 11.2. The summed E-state index contributed by atoms with van der Waals surface area (Å²) in [7, 11) is 3.69. The van der Waals surface area contributed by atoms with Gasteiger partial charge in [-0.2, -0.15) is 0 Å². The zero-order chi connectivity index (χ0) is 20.9. The van der Waals surface area contributed by atoms with Crippen LogP contribution in [-0.2, 0) is 25.0 Å². The molecule has 1 aliphatic carbocycles. The molecule has 0 radical (unpaired) electrons. The van der Waals surface area contributed by atoms with Crippen LogP contribution in [0.3, 0.4) is 0 Å². The minimum Gasteiger partial charge on any atom is -0.331 e. The van der Waals surface area contributed by atoms with Crippen molar-refractivity contribution in [2.45, 2.75) is 57.7 Å². The number of carbonyl (C=O) groups excluding carboxylic acids is 1. The van der Waals surface area contributed by atoms with E-state index in [-0.39, 0.29) is 11.4 Å². The van der Waals surface area contributed by atoms with Gasteiger partial charge in [-0.05, 0) is 50.0 Å². The Labute approximate surface area is 183 Å². The Morgan fingerprint density at radius 1 is 1.30 bits per heavy atom. The van der Waals surface area contributed by atoms with Gasteiger partial charge in [-0.1, -0.05) is 6.07 Å². The molecular weight excluding hydrogens is 394 g/mol. The molecule has 0 N–H and O–H groups in total. The molecule has 1 saturated carbocycles. The molecule has 2 aliphatic heterocycles. The fourth-order valence-corrected chi connectivity index (χ4v) is 6.05. The van der Waals surface area contributed by atoms with Crippen LogP contribution in [0, 0.1) is 12.8 Å². The van der Waals surface area contributed by atoms with E-state index >= 15 is 0 Å². The number of aromatic nitrogens is 2. The molecule has 0 aromatic carbocycles. The summed E-state index contributed by atoms with van der Waals surface area (Å²) in [6, 6.07) is 4.53. The van der Waals surface area contributed by atoms with Crippen LogP contribution in [0.2, 0.25) is 0 Å². The molecule has 2 amide bonds. The van der Waals surface area contributed by atoms with E-state index in [4.69, 9.17) is 4.98 Å². The zero-order valence-corrected chi connectivity index (χ0v) is 19.2. The van der Waals surface area contributed by atoms with Gasteiger partial charge in [0.15, 0.2) is 0 Å².